The number of nitrogens with zero attached hydrogens (tertiary/aromatic N) is 3. The van der Waals surface area contributed by atoms with Crippen LogP contribution in [0.15, 0.2) is 54.6 Å². The summed E-state index contributed by atoms with van der Waals surface area (Å²) in [6.45, 7) is 7.74. The fourth-order valence-electron chi connectivity index (χ4n) is 3.80. The third-order valence-electron chi connectivity index (χ3n) is 5.45. The number of aromatic nitrogens is 2. The summed E-state index contributed by atoms with van der Waals surface area (Å²) in [7, 11) is 0. The van der Waals surface area contributed by atoms with Crippen molar-refractivity contribution in [1.82, 2.24) is 14.7 Å². The molecule has 3 aromatic rings. The first-order chi connectivity index (χ1) is 15.0. The maximum absolute atomic E-state index is 12.9. The van der Waals surface area contributed by atoms with Gasteiger partial charge in [-0.1, -0.05) is 30.3 Å². The second kappa shape index (κ2) is 9.24. The van der Waals surface area contributed by atoms with Crippen molar-refractivity contribution >= 4 is 17.4 Å². The van der Waals surface area contributed by atoms with Crippen molar-refractivity contribution in [2.24, 2.45) is 0 Å². The lowest BCUT2D eigenvalue weighted by atomic mass is 10.1. The first-order valence-corrected chi connectivity index (χ1v) is 10.4. The van der Waals surface area contributed by atoms with Gasteiger partial charge in [-0.2, -0.15) is 5.10 Å². The van der Waals surface area contributed by atoms with Crippen molar-refractivity contribution in [3.8, 4) is 5.69 Å². The highest BCUT2D eigenvalue weighted by Crippen LogP contribution is 2.19. The second-order valence-corrected chi connectivity index (χ2v) is 7.66. The predicted molar refractivity (Wildman–Crippen MR) is 119 cm³/mol. The molecule has 2 aromatic carbocycles. The summed E-state index contributed by atoms with van der Waals surface area (Å²) < 4.78 is 7.07. The van der Waals surface area contributed by atoms with E-state index in [1.165, 1.54) is 0 Å². The van der Waals surface area contributed by atoms with Crippen LogP contribution >= 0.6 is 0 Å². The molecule has 1 amide bonds. The van der Waals surface area contributed by atoms with Crippen LogP contribution in [0.1, 0.15) is 27.3 Å². The summed E-state index contributed by atoms with van der Waals surface area (Å²) in [5.74, 6) is -1.26. The number of Topliss-reactive ketones (excluding diaryl/α,β-unsaturated/α-hetero) is 1. The van der Waals surface area contributed by atoms with E-state index in [0.717, 1.165) is 44.1 Å². The molecule has 0 atom stereocenters. The number of carbonyl (C=O) groups is 2. The van der Waals surface area contributed by atoms with E-state index in [2.05, 4.69) is 15.3 Å². The number of nitrogens with one attached hydrogen (secondary N) is 1. The van der Waals surface area contributed by atoms with Crippen molar-refractivity contribution in [1.29, 1.82) is 0 Å². The quantitative estimate of drug-likeness (QED) is 0.492. The lowest BCUT2D eigenvalue weighted by molar-refractivity contribution is -0.112. The molecule has 1 fully saturated rings. The average Bonchev–Trinajstić information content (AvgIpc) is 3.09. The molecular weight excluding hydrogens is 392 g/mol. The molecule has 0 saturated carbocycles. The van der Waals surface area contributed by atoms with E-state index >= 15 is 0 Å². The summed E-state index contributed by atoms with van der Waals surface area (Å²) in [6, 6.07) is 17.1. The zero-order chi connectivity index (χ0) is 21.8. The molecule has 2 heterocycles. The van der Waals surface area contributed by atoms with Gasteiger partial charge in [-0.05, 0) is 43.7 Å². The lowest BCUT2D eigenvalue weighted by Gasteiger charge is -2.26. The fourth-order valence-corrected chi connectivity index (χ4v) is 3.80. The third-order valence-corrected chi connectivity index (χ3v) is 5.45. The number of ketones is 1. The van der Waals surface area contributed by atoms with Gasteiger partial charge in [0.05, 0.1) is 35.9 Å². The number of aryl methyl sites for hydroxylation is 1. The maximum atomic E-state index is 12.9. The minimum Gasteiger partial charge on any atom is -0.379 e. The van der Waals surface area contributed by atoms with Gasteiger partial charge in [-0.3, -0.25) is 14.5 Å². The summed E-state index contributed by atoms with van der Waals surface area (Å²) in [5.41, 5.74) is 4.10. The van der Waals surface area contributed by atoms with Gasteiger partial charge in [-0.25, -0.2) is 4.68 Å². The van der Waals surface area contributed by atoms with Crippen LogP contribution in [0.3, 0.4) is 0 Å². The molecule has 0 bridgehead atoms. The van der Waals surface area contributed by atoms with Gasteiger partial charge in [0.15, 0.2) is 0 Å². The zero-order valence-corrected chi connectivity index (χ0v) is 17.8. The molecule has 7 heteroatoms. The van der Waals surface area contributed by atoms with E-state index in [-0.39, 0.29) is 0 Å². The number of hydrogen-bond donors (Lipinski definition) is 1. The van der Waals surface area contributed by atoms with E-state index in [1.54, 1.807) is 18.5 Å². The number of carbonyl (C=O) groups excluding carboxylic acids is 2. The molecule has 7 nitrogen and oxygen atoms in total. The highest BCUT2D eigenvalue weighted by molar-refractivity contribution is 6.47. The Kier molecular flexibility index (Phi) is 6.25. The molecule has 1 aliphatic rings. The Hall–Kier alpha value is -3.29. The second-order valence-electron chi connectivity index (χ2n) is 7.66. The average molecular weight is 418 g/mol. The van der Waals surface area contributed by atoms with Gasteiger partial charge in [0.25, 0.3) is 11.7 Å². The maximum Gasteiger partial charge on any atom is 0.296 e. The Balaban J connectivity index is 1.44. The number of amides is 1. The van der Waals surface area contributed by atoms with Crippen LogP contribution in [0.5, 0.6) is 0 Å². The molecule has 1 N–H and O–H groups in total. The number of hydrogen-bond acceptors (Lipinski definition) is 5. The minimum absolute atomic E-state index is 0.338. The van der Waals surface area contributed by atoms with Gasteiger partial charge in [0.1, 0.15) is 0 Å². The normalized spacial score (nSPS) is 14.4. The topological polar surface area (TPSA) is 76.5 Å². The van der Waals surface area contributed by atoms with Gasteiger partial charge < -0.3 is 10.1 Å². The molecule has 0 aliphatic carbocycles. The van der Waals surface area contributed by atoms with Crippen LogP contribution in [0.25, 0.3) is 5.69 Å². The molecule has 31 heavy (non-hydrogen) atoms. The number of benzene rings is 2. The number of rotatable bonds is 6. The van der Waals surface area contributed by atoms with Crippen LogP contribution in [-0.4, -0.2) is 52.7 Å². The first-order valence-electron chi connectivity index (χ1n) is 10.4. The number of morpholine rings is 1. The van der Waals surface area contributed by atoms with E-state index in [9.17, 15) is 9.59 Å². The summed E-state index contributed by atoms with van der Waals surface area (Å²) >= 11 is 0. The van der Waals surface area contributed by atoms with Crippen molar-refractivity contribution in [2.45, 2.75) is 20.4 Å². The van der Waals surface area contributed by atoms with E-state index < -0.39 is 11.7 Å². The highest BCUT2D eigenvalue weighted by atomic mass is 16.5. The third kappa shape index (κ3) is 4.73. The first kappa shape index (κ1) is 21.0. The SMILES string of the molecule is Cc1nn(-c2ccccc2)c(C)c1C(=O)C(=O)Nc1ccc(CN2CCOCC2)cc1. The number of para-hydroxylation sites is 1. The molecule has 1 aromatic heterocycles. The zero-order valence-electron chi connectivity index (χ0n) is 17.8. The smallest absolute Gasteiger partial charge is 0.296 e. The Morgan fingerprint density at radius 3 is 2.35 bits per heavy atom. The Morgan fingerprint density at radius 1 is 1.00 bits per heavy atom. The Morgan fingerprint density at radius 2 is 1.68 bits per heavy atom. The molecule has 0 unspecified atom stereocenters. The van der Waals surface area contributed by atoms with Gasteiger partial charge in [0.2, 0.25) is 0 Å². The van der Waals surface area contributed by atoms with Crippen molar-refractivity contribution in [2.75, 3.05) is 31.6 Å². The summed E-state index contributed by atoms with van der Waals surface area (Å²) in [5, 5.41) is 7.18. The molecule has 0 spiro atoms. The highest BCUT2D eigenvalue weighted by Gasteiger charge is 2.25. The largest absolute Gasteiger partial charge is 0.379 e. The monoisotopic (exact) mass is 418 g/mol. The Bertz CT molecular complexity index is 1070. The van der Waals surface area contributed by atoms with E-state index in [1.807, 2.05) is 54.6 Å². The molecule has 1 aliphatic heterocycles. The number of ether oxygens (including phenoxy) is 1. The molecule has 4 rings (SSSR count). The van der Waals surface area contributed by atoms with Gasteiger partial charge in [0, 0.05) is 25.3 Å². The predicted octanol–water partition coefficient (Wildman–Crippen LogP) is 3.14. The van der Waals surface area contributed by atoms with Crippen molar-refractivity contribution in [3.63, 3.8) is 0 Å². The molecule has 1 saturated heterocycles. The fraction of sp³-hybridized carbons (Fsp3) is 0.292. The lowest BCUT2D eigenvalue weighted by Crippen LogP contribution is -2.35. The van der Waals surface area contributed by atoms with E-state index in [4.69, 9.17) is 4.74 Å². The molecular formula is C24H26N4O3. The van der Waals surface area contributed by atoms with E-state index in [0.29, 0.717) is 22.6 Å². The van der Waals surface area contributed by atoms with Crippen LogP contribution in [0.2, 0.25) is 0 Å². The Labute approximate surface area is 181 Å². The van der Waals surface area contributed by atoms with Gasteiger partial charge in [-0.15, -0.1) is 0 Å². The van der Waals surface area contributed by atoms with Crippen LogP contribution in [0.4, 0.5) is 5.69 Å². The van der Waals surface area contributed by atoms with Crippen molar-refractivity contribution < 1.29 is 14.3 Å². The molecule has 0 radical (unpaired) electrons. The summed E-state index contributed by atoms with van der Waals surface area (Å²) in [4.78, 5) is 27.9. The van der Waals surface area contributed by atoms with Crippen LogP contribution in [0, 0.1) is 13.8 Å². The summed E-state index contributed by atoms with van der Waals surface area (Å²) in [6.07, 6.45) is 0. The molecule has 160 valence electrons. The van der Waals surface area contributed by atoms with Crippen molar-refractivity contribution in [3.05, 3.63) is 77.1 Å². The number of anilines is 1. The van der Waals surface area contributed by atoms with Gasteiger partial charge >= 0.3 is 0 Å². The van der Waals surface area contributed by atoms with Crippen LogP contribution < -0.4 is 5.32 Å². The standard InChI is InChI=1S/C24H26N4O3/c1-17-22(18(2)28(26-17)21-6-4-3-5-7-21)23(29)24(30)25-20-10-8-19(9-11-20)16-27-12-14-31-15-13-27/h3-11H,12-16H2,1-2H3,(H,25,30). The van der Waals surface area contributed by atoms with Crippen LogP contribution in [-0.2, 0) is 16.1 Å². The minimum atomic E-state index is -0.667.